The minimum absolute atomic E-state index is 0.0685. The summed E-state index contributed by atoms with van der Waals surface area (Å²) < 4.78 is 42.1. The van der Waals surface area contributed by atoms with Gasteiger partial charge in [0.2, 0.25) is 28.6 Å². The lowest BCUT2D eigenvalue weighted by Gasteiger charge is -2.47. The zero-order valence-corrected chi connectivity index (χ0v) is 42.1. The van der Waals surface area contributed by atoms with Gasteiger partial charge in [-0.3, -0.25) is 9.59 Å². The maximum atomic E-state index is 15.4. The molecule has 6 aliphatic rings. The third kappa shape index (κ3) is 7.60. The number of ketones is 1. The number of hydrogen-bond acceptors (Lipinski definition) is 30. The van der Waals surface area contributed by atoms with Gasteiger partial charge in [-0.1, -0.05) is 6.07 Å². The number of carbonyl (C=O) groups is 6. The van der Waals surface area contributed by atoms with Crippen LogP contribution in [-0.2, 0) is 39.7 Å². The summed E-state index contributed by atoms with van der Waals surface area (Å²) in [4.78, 5) is 89.8. The molecule has 1 fully saturated rings. The van der Waals surface area contributed by atoms with Crippen LogP contribution in [0.4, 0.5) is 0 Å². The Morgan fingerprint density at radius 1 is 0.529 bits per heavy atom. The molecule has 30 nitrogen and oxygen atoms in total. The first-order chi connectivity index (χ1) is 40.2. The number of fused-ring (bicyclic) bond motifs is 8. The average molecular weight is 1180 g/mol. The summed E-state index contributed by atoms with van der Waals surface area (Å²) in [5.74, 6) is -36.4. The van der Waals surface area contributed by atoms with Gasteiger partial charge in [0.15, 0.2) is 93.4 Å². The van der Waals surface area contributed by atoms with Gasteiger partial charge in [0, 0.05) is 45.9 Å². The van der Waals surface area contributed by atoms with Crippen molar-refractivity contribution >= 4 is 41.2 Å². The molecule has 17 N–H and O–H groups in total. The fourth-order valence-corrected chi connectivity index (χ4v) is 11.7. The number of carbonyl (C=O) groups excluding carboxylic acids is 6. The molecule has 9 atom stereocenters. The van der Waals surface area contributed by atoms with Gasteiger partial charge in [-0.15, -0.1) is 0 Å². The van der Waals surface area contributed by atoms with Crippen molar-refractivity contribution in [1.29, 1.82) is 0 Å². The van der Waals surface area contributed by atoms with Crippen LogP contribution in [0.3, 0.4) is 0 Å². The molecular weight excluding hydrogens is 1140 g/mol. The Kier molecular flexibility index (Phi) is 11.8. The fraction of sp³-hybridized carbons (Fsp3) is 0.200. The summed E-state index contributed by atoms with van der Waals surface area (Å²) >= 11 is 0. The minimum Gasteiger partial charge on any atom is -0.507 e. The van der Waals surface area contributed by atoms with E-state index in [4.69, 9.17) is 33.2 Å². The molecular formula is C55H38O30. The van der Waals surface area contributed by atoms with Crippen molar-refractivity contribution in [3.63, 3.8) is 0 Å². The molecule has 1 spiro atoms. The molecule has 1 saturated heterocycles. The molecule has 6 aromatic carbocycles. The molecule has 5 aliphatic heterocycles. The Hall–Kier alpha value is -11.6. The first kappa shape index (κ1) is 54.0. The van der Waals surface area contributed by atoms with Crippen molar-refractivity contribution in [2.24, 2.45) is 5.92 Å². The van der Waals surface area contributed by atoms with Gasteiger partial charge in [0.1, 0.15) is 35.9 Å². The fourth-order valence-electron chi connectivity index (χ4n) is 11.7. The number of phenolic OH excluding ortho intramolecular Hbond substituents is 15. The van der Waals surface area contributed by atoms with Crippen molar-refractivity contribution in [1.82, 2.24) is 0 Å². The van der Waals surface area contributed by atoms with Crippen LogP contribution in [0.15, 0.2) is 60.4 Å². The van der Waals surface area contributed by atoms with Gasteiger partial charge >= 0.3 is 29.8 Å². The molecule has 5 heterocycles. The molecule has 0 aromatic heterocycles. The molecule has 4 bridgehead atoms. The van der Waals surface area contributed by atoms with E-state index in [0.717, 1.165) is 18.2 Å². The molecule has 12 rings (SSSR count). The molecule has 1 unspecified atom stereocenters. The number of ether oxygens (including phenoxy) is 7. The van der Waals surface area contributed by atoms with Crippen LogP contribution < -0.4 is 9.47 Å². The summed E-state index contributed by atoms with van der Waals surface area (Å²) in [6, 6.07) is 6.47. The Morgan fingerprint density at radius 3 is 1.66 bits per heavy atom. The maximum Gasteiger partial charge on any atom is 0.339 e. The Morgan fingerprint density at radius 2 is 1.07 bits per heavy atom. The zero-order valence-electron chi connectivity index (χ0n) is 42.1. The standard InChI is InChI=1S/C55H38O30/c56-18-2-1-12(3-19(18)57)44-26(64)6-14-27(80-44)10-20(58)32-34-47-48(84-53(77)17-9-25(63)39(68)42(71)31(17)33-35(54(78)83-47)55(34,85-45(14)32)49(73)43(33)72)46-28(81-50(74)13-4-21(59)36(65)22(60)5-13)11-79-51(75)15-7-23(61)37(66)40(69)29(15)30-16(52(76)82-46)8-24(62)38(67)41(30)70/h1-5,7-10,26,28,34-35,44,46-48,56-72H,6,11H2/t26-,28-,34+,35?,44-,46-,47+,48+,55+/m1/s1. The van der Waals surface area contributed by atoms with Gasteiger partial charge in [-0.25, -0.2) is 19.2 Å². The predicted octanol–water partition coefficient (Wildman–Crippen LogP) is 2.44. The number of phenols is 15. The molecule has 0 radical (unpaired) electrons. The summed E-state index contributed by atoms with van der Waals surface area (Å²) in [7, 11) is 0. The number of benzene rings is 6. The van der Waals surface area contributed by atoms with E-state index in [9.17, 15) is 96.4 Å². The van der Waals surface area contributed by atoms with E-state index in [-0.39, 0.29) is 16.9 Å². The third-order valence-corrected chi connectivity index (χ3v) is 15.5. The van der Waals surface area contributed by atoms with Crippen LogP contribution >= 0.6 is 0 Å². The van der Waals surface area contributed by atoms with Gasteiger partial charge in [-0.05, 0) is 48.0 Å². The Bertz CT molecular complexity index is 4100. The second kappa shape index (κ2) is 18.5. The molecule has 0 saturated carbocycles. The quantitative estimate of drug-likeness (QED) is 0.0684. The summed E-state index contributed by atoms with van der Waals surface area (Å²) in [5.41, 5.74) is -12.8. The lowest BCUT2D eigenvalue weighted by Crippen LogP contribution is -2.65. The number of cyclic esters (lactones) is 3. The average Bonchev–Trinajstić information content (AvgIpc) is 1.52. The van der Waals surface area contributed by atoms with Gasteiger partial charge < -0.3 is 120 Å². The van der Waals surface area contributed by atoms with Crippen molar-refractivity contribution < 1.29 is 149 Å². The normalized spacial score (nSPS) is 24.5. The monoisotopic (exact) mass is 1180 g/mol. The van der Waals surface area contributed by atoms with Crippen LogP contribution in [0, 0.1) is 5.92 Å². The van der Waals surface area contributed by atoms with Crippen LogP contribution in [0.1, 0.15) is 75.7 Å². The topological polar surface area (TPSA) is 511 Å². The molecule has 30 heteroatoms. The van der Waals surface area contributed by atoms with E-state index in [0.29, 0.717) is 30.3 Å². The highest BCUT2D eigenvalue weighted by Crippen LogP contribution is 2.67. The van der Waals surface area contributed by atoms with E-state index in [1.807, 2.05) is 0 Å². The lowest BCUT2D eigenvalue weighted by atomic mass is 9.67. The van der Waals surface area contributed by atoms with Gasteiger partial charge in [0.25, 0.3) is 0 Å². The van der Waals surface area contributed by atoms with Crippen molar-refractivity contribution in [3.05, 3.63) is 105 Å². The summed E-state index contributed by atoms with van der Waals surface area (Å²) in [6.45, 7) is -1.56. The van der Waals surface area contributed by atoms with E-state index in [1.54, 1.807) is 0 Å². The molecule has 0 amide bonds. The van der Waals surface area contributed by atoms with Gasteiger partial charge in [-0.2, -0.15) is 0 Å². The minimum atomic E-state index is -3.11. The van der Waals surface area contributed by atoms with Crippen LogP contribution in [0.2, 0.25) is 0 Å². The Balaban J connectivity index is 1.12. The number of esters is 5. The molecule has 6 aromatic rings. The van der Waals surface area contributed by atoms with Crippen LogP contribution in [0.5, 0.6) is 97.7 Å². The van der Waals surface area contributed by atoms with E-state index >= 15 is 19.2 Å². The van der Waals surface area contributed by atoms with Crippen LogP contribution in [0.25, 0.3) is 16.7 Å². The number of aliphatic hydroxyl groups excluding tert-OH is 2. The summed E-state index contributed by atoms with van der Waals surface area (Å²) in [6.07, 6.45) is -14.7. The van der Waals surface area contributed by atoms with E-state index in [1.165, 1.54) is 6.07 Å². The second-order valence-corrected chi connectivity index (χ2v) is 20.2. The van der Waals surface area contributed by atoms with Gasteiger partial charge in [0.05, 0.1) is 34.3 Å². The van der Waals surface area contributed by atoms with E-state index in [2.05, 4.69) is 0 Å². The largest absolute Gasteiger partial charge is 0.507 e. The first-order valence-electron chi connectivity index (χ1n) is 24.7. The number of aliphatic hydroxyl groups is 2. The molecule has 1 aliphatic carbocycles. The molecule has 85 heavy (non-hydrogen) atoms. The highest BCUT2D eigenvalue weighted by molar-refractivity contribution is 6.21. The van der Waals surface area contributed by atoms with Crippen LogP contribution in [-0.4, -0.2) is 165 Å². The lowest BCUT2D eigenvalue weighted by molar-refractivity contribution is -0.200. The summed E-state index contributed by atoms with van der Waals surface area (Å²) in [5, 5.41) is 187. The van der Waals surface area contributed by atoms with Crippen molar-refractivity contribution in [2.75, 3.05) is 6.61 Å². The number of hydrogen-bond donors (Lipinski definition) is 17. The van der Waals surface area contributed by atoms with E-state index < -0.39 is 251 Å². The highest BCUT2D eigenvalue weighted by Gasteiger charge is 2.76. The third-order valence-electron chi connectivity index (χ3n) is 15.5. The number of aromatic hydroxyl groups is 15. The smallest absolute Gasteiger partial charge is 0.339 e. The van der Waals surface area contributed by atoms with Crippen molar-refractivity contribution in [2.45, 2.75) is 54.6 Å². The first-order valence-corrected chi connectivity index (χ1v) is 24.7. The van der Waals surface area contributed by atoms with Crippen molar-refractivity contribution in [3.8, 4) is 109 Å². The predicted molar refractivity (Wildman–Crippen MR) is 268 cm³/mol. The zero-order chi connectivity index (χ0) is 61.1. The number of rotatable bonds is 4. The molecule has 438 valence electrons. The SMILES string of the molecule is O=C(O[C@@H]1COC(=O)c2cc(O)c(O)c(O)c2-c2c(cc(O)c(O)c2O)C(=O)O[C@H]1[C@@H]1OC(=O)c2cc(O)c(O)c(O)c2C2=C(O)C(=O)[C@]34Oc5c6c(cc(O)c5[C@H]3[C@@H]1OC(=O)C24)O[C@H](c1ccc(O)c(O)c1)[C@H](O)C6)c1cc(O)c(O)c(O)c1. The number of Topliss-reactive ketones (excluding diaryl/α,β-unsaturated/α-hetero) is 1. The highest BCUT2D eigenvalue weighted by atomic mass is 16.6. The maximum absolute atomic E-state index is 15.4. The Labute approximate surface area is 469 Å². The second-order valence-electron chi connectivity index (χ2n) is 20.2.